The quantitative estimate of drug-likeness (QED) is 0.490. The number of carboxylic acids is 2. The third-order valence-electron chi connectivity index (χ3n) is 5.58. The number of halogens is 6. The standard InChI is InChI=1S/C16H24N4O2.2C2HF3O2/c1-19-9-12(8-18-19)10-20-5-4-14-13(20)6-15(22-14)16(21)17-7-11-2-3-11;2*3-2(4,5)1(6)7/h8-9,11,13-15H,2-7,10H2,1H3,(H,17,21);2*(H,6,7)/t13-,14-,15+;;/m0../s1. The van der Waals surface area contributed by atoms with E-state index in [2.05, 4.69) is 21.5 Å². The van der Waals surface area contributed by atoms with Gasteiger partial charge in [0.2, 0.25) is 5.91 Å². The van der Waals surface area contributed by atoms with Crippen LogP contribution in [0.4, 0.5) is 26.3 Å². The van der Waals surface area contributed by atoms with Crippen LogP contribution in [0, 0.1) is 5.92 Å². The van der Waals surface area contributed by atoms with Gasteiger partial charge in [0.15, 0.2) is 0 Å². The number of nitrogens with one attached hydrogen (secondary N) is 1. The number of ether oxygens (including phenoxy) is 1. The summed E-state index contributed by atoms with van der Waals surface area (Å²) < 4.78 is 71.3. The predicted octanol–water partition coefficient (Wildman–Crippen LogP) is 1.94. The number of carbonyl (C=O) groups is 3. The lowest BCUT2D eigenvalue weighted by Gasteiger charge is -2.21. The van der Waals surface area contributed by atoms with Crippen LogP contribution in [-0.4, -0.2) is 86.4 Å². The van der Waals surface area contributed by atoms with Gasteiger partial charge in [0.1, 0.15) is 6.10 Å². The van der Waals surface area contributed by atoms with Crippen LogP contribution in [0.1, 0.15) is 31.2 Å². The molecule has 1 saturated carbocycles. The molecule has 1 aliphatic carbocycles. The van der Waals surface area contributed by atoms with Crippen molar-refractivity contribution in [3.05, 3.63) is 18.0 Å². The van der Waals surface area contributed by atoms with Crippen molar-refractivity contribution in [1.29, 1.82) is 0 Å². The van der Waals surface area contributed by atoms with Gasteiger partial charge in [-0.2, -0.15) is 31.4 Å². The first-order chi connectivity index (χ1) is 16.6. The van der Waals surface area contributed by atoms with Crippen molar-refractivity contribution in [2.45, 2.75) is 62.8 Å². The Balaban J connectivity index is 0.000000271. The monoisotopic (exact) mass is 532 g/mol. The van der Waals surface area contributed by atoms with Gasteiger partial charge in [-0.05, 0) is 25.2 Å². The van der Waals surface area contributed by atoms with Gasteiger partial charge in [-0.1, -0.05) is 0 Å². The molecule has 1 aromatic rings. The number of aromatic nitrogens is 2. The van der Waals surface area contributed by atoms with Crippen molar-refractivity contribution >= 4 is 17.8 Å². The van der Waals surface area contributed by atoms with E-state index in [9.17, 15) is 31.1 Å². The molecule has 1 amide bonds. The molecule has 3 aliphatic rings. The molecular formula is C20H26F6N4O6. The van der Waals surface area contributed by atoms with Gasteiger partial charge in [-0.15, -0.1) is 0 Å². The first kappa shape index (κ1) is 29.4. The molecule has 3 N–H and O–H groups in total. The average molecular weight is 532 g/mol. The summed E-state index contributed by atoms with van der Waals surface area (Å²) in [5.41, 5.74) is 1.23. The van der Waals surface area contributed by atoms with E-state index in [0.29, 0.717) is 12.0 Å². The summed E-state index contributed by atoms with van der Waals surface area (Å²) >= 11 is 0. The lowest BCUT2D eigenvalue weighted by atomic mass is 10.1. The van der Waals surface area contributed by atoms with Crippen LogP contribution in [0.25, 0.3) is 0 Å². The Morgan fingerprint density at radius 2 is 1.64 bits per heavy atom. The van der Waals surface area contributed by atoms with Crippen molar-refractivity contribution < 1.29 is 55.7 Å². The van der Waals surface area contributed by atoms with Crippen molar-refractivity contribution in [3.8, 4) is 0 Å². The van der Waals surface area contributed by atoms with E-state index in [0.717, 1.165) is 32.5 Å². The molecule has 36 heavy (non-hydrogen) atoms. The molecule has 3 heterocycles. The predicted molar refractivity (Wildman–Crippen MR) is 108 cm³/mol. The van der Waals surface area contributed by atoms with Crippen LogP contribution in [0.15, 0.2) is 12.4 Å². The second-order valence-corrected chi connectivity index (χ2v) is 8.54. The number of carbonyl (C=O) groups excluding carboxylic acids is 1. The SMILES string of the molecule is Cn1cc(CN2CC[C@@H]3O[C@@H](C(=O)NCC4CC4)C[C@@H]32)cn1.O=C(O)C(F)(F)F.O=C(O)C(F)(F)F. The summed E-state index contributed by atoms with van der Waals surface area (Å²) in [5, 5.41) is 21.5. The number of aryl methyl sites for hydroxylation is 1. The molecule has 0 bridgehead atoms. The number of alkyl halides is 6. The molecule has 2 saturated heterocycles. The minimum absolute atomic E-state index is 0.0858. The van der Waals surface area contributed by atoms with Crippen molar-refractivity contribution in [1.82, 2.24) is 20.0 Å². The van der Waals surface area contributed by atoms with Gasteiger partial charge in [0.25, 0.3) is 0 Å². The average Bonchev–Trinajstić information content (AvgIpc) is 3.15. The number of fused-ring (bicyclic) bond motifs is 1. The van der Waals surface area contributed by atoms with Gasteiger partial charge in [-0.25, -0.2) is 9.59 Å². The van der Waals surface area contributed by atoms with Crippen molar-refractivity contribution in [3.63, 3.8) is 0 Å². The normalized spacial score (nSPS) is 23.6. The molecule has 2 aliphatic heterocycles. The van der Waals surface area contributed by atoms with Gasteiger partial charge in [0.05, 0.1) is 12.3 Å². The van der Waals surface area contributed by atoms with Gasteiger partial charge >= 0.3 is 24.3 Å². The topological polar surface area (TPSA) is 134 Å². The van der Waals surface area contributed by atoms with E-state index in [1.807, 2.05) is 17.9 Å². The Hall–Kier alpha value is -2.88. The Kier molecular flexibility index (Phi) is 9.70. The Bertz CT molecular complexity index is 893. The van der Waals surface area contributed by atoms with E-state index in [1.54, 1.807) is 0 Å². The van der Waals surface area contributed by atoms with Gasteiger partial charge in [-0.3, -0.25) is 14.4 Å². The van der Waals surface area contributed by atoms with E-state index >= 15 is 0 Å². The number of likely N-dealkylation sites (tertiary alicyclic amines) is 1. The molecule has 0 radical (unpaired) electrons. The molecular weight excluding hydrogens is 506 g/mol. The second kappa shape index (κ2) is 11.9. The first-order valence-electron chi connectivity index (χ1n) is 10.8. The molecule has 3 fully saturated rings. The lowest BCUT2D eigenvalue weighted by molar-refractivity contribution is -0.193. The molecule has 0 unspecified atom stereocenters. The zero-order valence-electron chi connectivity index (χ0n) is 19.1. The number of nitrogens with zero attached hydrogens (tertiary/aromatic N) is 3. The van der Waals surface area contributed by atoms with E-state index < -0.39 is 24.3 Å². The Morgan fingerprint density at radius 1 is 1.08 bits per heavy atom. The second-order valence-electron chi connectivity index (χ2n) is 8.54. The number of rotatable bonds is 5. The first-order valence-corrected chi connectivity index (χ1v) is 10.8. The Morgan fingerprint density at radius 3 is 2.08 bits per heavy atom. The highest BCUT2D eigenvalue weighted by Gasteiger charge is 2.45. The van der Waals surface area contributed by atoms with Crippen LogP contribution < -0.4 is 5.32 Å². The molecule has 204 valence electrons. The summed E-state index contributed by atoms with van der Waals surface area (Å²) in [7, 11) is 1.94. The van der Waals surface area contributed by atoms with Crippen LogP contribution in [0.3, 0.4) is 0 Å². The fourth-order valence-electron chi connectivity index (χ4n) is 3.67. The van der Waals surface area contributed by atoms with Crippen molar-refractivity contribution in [2.24, 2.45) is 13.0 Å². The third kappa shape index (κ3) is 9.29. The van der Waals surface area contributed by atoms with Crippen molar-refractivity contribution in [2.75, 3.05) is 13.1 Å². The number of hydrogen-bond acceptors (Lipinski definition) is 6. The lowest BCUT2D eigenvalue weighted by Crippen LogP contribution is -2.37. The zero-order valence-corrected chi connectivity index (χ0v) is 19.1. The summed E-state index contributed by atoms with van der Waals surface area (Å²) in [4.78, 5) is 32.4. The highest BCUT2D eigenvalue weighted by Crippen LogP contribution is 2.34. The summed E-state index contributed by atoms with van der Waals surface area (Å²) in [5.74, 6) is -4.71. The fourth-order valence-corrected chi connectivity index (χ4v) is 3.67. The molecule has 3 atom stereocenters. The van der Waals surface area contributed by atoms with Gasteiger partial charge in [0, 0.05) is 50.9 Å². The molecule has 10 nitrogen and oxygen atoms in total. The molecule has 4 rings (SSSR count). The van der Waals surface area contributed by atoms with Crippen LogP contribution >= 0.6 is 0 Å². The maximum Gasteiger partial charge on any atom is 0.490 e. The minimum Gasteiger partial charge on any atom is -0.475 e. The summed E-state index contributed by atoms with van der Waals surface area (Å²) in [6.07, 6.45) is -1.87. The van der Waals surface area contributed by atoms with Gasteiger partial charge < -0.3 is 20.3 Å². The number of aliphatic carboxylic acids is 2. The van der Waals surface area contributed by atoms with E-state index in [4.69, 9.17) is 24.5 Å². The van der Waals surface area contributed by atoms with Crippen LogP contribution in [-0.2, 0) is 32.7 Å². The molecule has 0 spiro atoms. The minimum atomic E-state index is -5.08. The fraction of sp³-hybridized carbons (Fsp3) is 0.700. The largest absolute Gasteiger partial charge is 0.490 e. The highest BCUT2D eigenvalue weighted by atomic mass is 19.4. The summed E-state index contributed by atoms with van der Waals surface area (Å²) in [6, 6.07) is 0.372. The highest BCUT2D eigenvalue weighted by molar-refractivity contribution is 5.81. The summed E-state index contributed by atoms with van der Waals surface area (Å²) in [6.45, 7) is 2.77. The number of amides is 1. The maximum absolute atomic E-state index is 12.2. The smallest absolute Gasteiger partial charge is 0.475 e. The van der Waals surface area contributed by atoms with Crippen LogP contribution in [0.2, 0.25) is 0 Å². The maximum atomic E-state index is 12.2. The number of hydrogen-bond donors (Lipinski definition) is 3. The van der Waals surface area contributed by atoms with Crippen LogP contribution in [0.5, 0.6) is 0 Å². The zero-order chi connectivity index (χ0) is 27.3. The third-order valence-corrected chi connectivity index (χ3v) is 5.58. The Labute approximate surface area is 201 Å². The van der Waals surface area contributed by atoms with E-state index in [-0.39, 0.29) is 18.1 Å². The molecule has 0 aromatic carbocycles. The van der Waals surface area contributed by atoms with E-state index in [1.165, 1.54) is 18.4 Å². The molecule has 16 heteroatoms. The number of carboxylic acid groups (broad SMARTS) is 2. The molecule has 1 aromatic heterocycles.